The van der Waals surface area contributed by atoms with Crippen molar-refractivity contribution in [1.29, 1.82) is 0 Å². The van der Waals surface area contributed by atoms with E-state index >= 15 is 0 Å². The van der Waals surface area contributed by atoms with Crippen LogP contribution in [0.2, 0.25) is 0 Å². The maximum atomic E-state index is 13.2. The van der Waals surface area contributed by atoms with Crippen LogP contribution in [-0.2, 0) is 21.2 Å². The van der Waals surface area contributed by atoms with E-state index in [1.807, 2.05) is 6.92 Å². The third-order valence-electron chi connectivity index (χ3n) is 3.40. The van der Waals surface area contributed by atoms with Gasteiger partial charge in [0.1, 0.15) is 11.6 Å². The number of carbonyl (C=O) groups excluding carboxylic acids is 1. The molecule has 0 aliphatic carbocycles. The summed E-state index contributed by atoms with van der Waals surface area (Å²) in [6.45, 7) is 4.38. The first-order chi connectivity index (χ1) is 10.4. The molecule has 1 aromatic carbocycles. The molecular weight excluding hydrogens is 305 g/mol. The standard InChI is InChI=1S/C16H24FNO3S/c1-3-5-6-10-22(20,21)13-16(19)18(4-2)12-14-8-7-9-15(17)11-14/h7-9,11H,3-6,10,12-13H2,1-2H3. The van der Waals surface area contributed by atoms with Crippen LogP contribution >= 0.6 is 0 Å². The molecule has 0 aromatic heterocycles. The molecule has 6 heteroatoms. The molecule has 1 aromatic rings. The number of nitrogens with zero attached hydrogens (tertiary/aromatic N) is 1. The second-order valence-corrected chi connectivity index (χ2v) is 7.52. The Balaban J connectivity index is 2.64. The van der Waals surface area contributed by atoms with E-state index in [-0.39, 0.29) is 18.1 Å². The molecule has 0 saturated carbocycles. The van der Waals surface area contributed by atoms with Gasteiger partial charge in [0, 0.05) is 13.1 Å². The monoisotopic (exact) mass is 329 g/mol. The van der Waals surface area contributed by atoms with Crippen LogP contribution in [0.3, 0.4) is 0 Å². The van der Waals surface area contributed by atoms with Crippen molar-refractivity contribution >= 4 is 15.7 Å². The minimum absolute atomic E-state index is 0.0457. The molecule has 4 nitrogen and oxygen atoms in total. The Bertz CT molecular complexity index is 587. The molecule has 0 unspecified atom stereocenters. The van der Waals surface area contributed by atoms with Gasteiger partial charge in [-0.3, -0.25) is 4.79 Å². The maximum Gasteiger partial charge on any atom is 0.238 e. The molecule has 0 bridgehead atoms. The van der Waals surface area contributed by atoms with Gasteiger partial charge >= 0.3 is 0 Å². The number of halogens is 1. The maximum absolute atomic E-state index is 13.2. The zero-order valence-electron chi connectivity index (χ0n) is 13.2. The van der Waals surface area contributed by atoms with Gasteiger partial charge < -0.3 is 4.90 Å². The summed E-state index contributed by atoms with van der Waals surface area (Å²) in [6.07, 6.45) is 2.36. The first-order valence-corrected chi connectivity index (χ1v) is 9.42. The summed E-state index contributed by atoms with van der Waals surface area (Å²) in [5.41, 5.74) is 0.651. The Morgan fingerprint density at radius 3 is 2.55 bits per heavy atom. The minimum atomic E-state index is -3.37. The number of hydrogen-bond acceptors (Lipinski definition) is 3. The molecule has 1 amide bonds. The van der Waals surface area contributed by atoms with Crippen molar-refractivity contribution in [3.63, 3.8) is 0 Å². The second-order valence-electron chi connectivity index (χ2n) is 5.34. The van der Waals surface area contributed by atoms with E-state index in [9.17, 15) is 17.6 Å². The van der Waals surface area contributed by atoms with E-state index in [4.69, 9.17) is 0 Å². The smallest absolute Gasteiger partial charge is 0.238 e. The van der Waals surface area contributed by atoms with Crippen molar-refractivity contribution in [2.24, 2.45) is 0 Å². The summed E-state index contributed by atoms with van der Waals surface area (Å²) < 4.78 is 37.0. The fourth-order valence-corrected chi connectivity index (χ4v) is 3.50. The fourth-order valence-electron chi connectivity index (χ4n) is 2.16. The van der Waals surface area contributed by atoms with E-state index in [0.29, 0.717) is 18.5 Å². The van der Waals surface area contributed by atoms with E-state index in [0.717, 1.165) is 12.8 Å². The van der Waals surface area contributed by atoms with Crippen molar-refractivity contribution < 1.29 is 17.6 Å². The third kappa shape index (κ3) is 6.56. The van der Waals surface area contributed by atoms with E-state index in [2.05, 4.69) is 0 Å². The van der Waals surface area contributed by atoms with Crippen molar-refractivity contribution in [3.05, 3.63) is 35.6 Å². The first kappa shape index (κ1) is 18.6. The molecule has 0 N–H and O–H groups in total. The third-order valence-corrected chi connectivity index (χ3v) is 5.00. The predicted molar refractivity (Wildman–Crippen MR) is 85.7 cm³/mol. The Labute approximate surface area is 132 Å². The van der Waals surface area contributed by atoms with Crippen LogP contribution in [0.15, 0.2) is 24.3 Å². The molecule has 0 aliphatic heterocycles. The highest BCUT2D eigenvalue weighted by Gasteiger charge is 2.20. The van der Waals surface area contributed by atoms with Crippen LogP contribution in [0.5, 0.6) is 0 Å². The molecule has 1 rings (SSSR count). The number of unbranched alkanes of at least 4 members (excludes halogenated alkanes) is 2. The predicted octanol–water partition coefficient (Wildman–Crippen LogP) is 2.78. The van der Waals surface area contributed by atoms with E-state index < -0.39 is 21.5 Å². The lowest BCUT2D eigenvalue weighted by Crippen LogP contribution is -2.35. The number of sulfone groups is 1. The molecule has 22 heavy (non-hydrogen) atoms. The number of hydrogen-bond donors (Lipinski definition) is 0. The summed E-state index contributed by atoms with van der Waals surface area (Å²) >= 11 is 0. The zero-order valence-corrected chi connectivity index (χ0v) is 14.0. The fraction of sp³-hybridized carbons (Fsp3) is 0.562. The van der Waals surface area contributed by atoms with Gasteiger partial charge in [0.25, 0.3) is 0 Å². The van der Waals surface area contributed by atoms with Crippen LogP contribution < -0.4 is 0 Å². The van der Waals surface area contributed by atoms with E-state index in [1.54, 1.807) is 19.1 Å². The van der Waals surface area contributed by atoms with Crippen LogP contribution in [-0.4, -0.2) is 37.3 Å². The van der Waals surface area contributed by atoms with Gasteiger partial charge in [-0.15, -0.1) is 0 Å². The number of amides is 1. The van der Waals surface area contributed by atoms with E-state index in [1.165, 1.54) is 17.0 Å². The SMILES string of the molecule is CCCCCS(=O)(=O)CC(=O)N(CC)Cc1cccc(F)c1. The topological polar surface area (TPSA) is 54.5 Å². The van der Waals surface area contributed by atoms with Gasteiger partial charge in [-0.05, 0) is 31.0 Å². The Kier molecular flexibility index (Phi) is 7.51. The molecule has 0 spiro atoms. The van der Waals surface area contributed by atoms with Crippen LogP contribution in [0.1, 0.15) is 38.7 Å². The zero-order chi connectivity index (χ0) is 16.6. The Hall–Kier alpha value is -1.43. The molecule has 0 atom stereocenters. The molecule has 0 radical (unpaired) electrons. The normalized spacial score (nSPS) is 11.4. The lowest BCUT2D eigenvalue weighted by Gasteiger charge is -2.21. The van der Waals surface area contributed by atoms with Crippen molar-refractivity contribution in [2.75, 3.05) is 18.1 Å². The molecule has 124 valence electrons. The molecular formula is C16H24FNO3S. The summed E-state index contributed by atoms with van der Waals surface area (Å²) in [5, 5.41) is 0. The molecule has 0 saturated heterocycles. The van der Waals surface area contributed by atoms with Crippen molar-refractivity contribution in [3.8, 4) is 0 Å². The van der Waals surface area contributed by atoms with Crippen LogP contribution in [0.4, 0.5) is 4.39 Å². The number of rotatable bonds is 9. The molecule has 0 fully saturated rings. The molecule has 0 heterocycles. The quantitative estimate of drug-likeness (QED) is 0.655. The summed E-state index contributed by atoms with van der Waals surface area (Å²) in [6, 6.07) is 5.98. The minimum Gasteiger partial charge on any atom is -0.338 e. The lowest BCUT2D eigenvalue weighted by molar-refractivity contribution is -0.128. The summed E-state index contributed by atoms with van der Waals surface area (Å²) in [4.78, 5) is 13.6. The number of benzene rings is 1. The van der Waals surface area contributed by atoms with Crippen LogP contribution in [0, 0.1) is 5.82 Å². The summed E-state index contributed by atoms with van der Waals surface area (Å²) in [5.74, 6) is -1.22. The van der Waals surface area contributed by atoms with Gasteiger partial charge in [0.15, 0.2) is 9.84 Å². The highest BCUT2D eigenvalue weighted by Crippen LogP contribution is 2.09. The van der Waals surface area contributed by atoms with Gasteiger partial charge in [-0.2, -0.15) is 0 Å². The van der Waals surface area contributed by atoms with Gasteiger partial charge in [0.2, 0.25) is 5.91 Å². The average molecular weight is 329 g/mol. The Morgan fingerprint density at radius 1 is 1.23 bits per heavy atom. The van der Waals surface area contributed by atoms with Gasteiger partial charge in [-0.1, -0.05) is 31.9 Å². The second kappa shape index (κ2) is 8.88. The van der Waals surface area contributed by atoms with Crippen molar-refractivity contribution in [2.45, 2.75) is 39.7 Å². The highest BCUT2D eigenvalue weighted by atomic mass is 32.2. The number of carbonyl (C=O) groups is 1. The summed E-state index contributed by atoms with van der Waals surface area (Å²) in [7, 11) is -3.37. The lowest BCUT2D eigenvalue weighted by atomic mass is 10.2. The average Bonchev–Trinajstić information content (AvgIpc) is 2.44. The first-order valence-electron chi connectivity index (χ1n) is 7.60. The largest absolute Gasteiger partial charge is 0.338 e. The van der Waals surface area contributed by atoms with Gasteiger partial charge in [-0.25, -0.2) is 12.8 Å². The van der Waals surface area contributed by atoms with Gasteiger partial charge in [0.05, 0.1) is 5.75 Å². The molecule has 0 aliphatic rings. The Morgan fingerprint density at radius 2 is 1.95 bits per heavy atom. The van der Waals surface area contributed by atoms with Crippen molar-refractivity contribution in [1.82, 2.24) is 4.90 Å². The highest BCUT2D eigenvalue weighted by molar-refractivity contribution is 7.92. The van der Waals surface area contributed by atoms with Crippen LogP contribution in [0.25, 0.3) is 0 Å².